The van der Waals surface area contributed by atoms with E-state index < -0.39 is 27.8 Å². The first-order chi connectivity index (χ1) is 22.6. The van der Waals surface area contributed by atoms with Crippen LogP contribution in [0.15, 0.2) is 28.7 Å². The molecule has 0 saturated carbocycles. The van der Waals surface area contributed by atoms with Gasteiger partial charge in [0.2, 0.25) is 0 Å². The van der Waals surface area contributed by atoms with Gasteiger partial charge in [-0.15, -0.1) is 0 Å². The molecule has 1 saturated heterocycles. The van der Waals surface area contributed by atoms with E-state index in [1.165, 1.54) is 22.4 Å². The summed E-state index contributed by atoms with van der Waals surface area (Å²) in [6.07, 6.45) is 0.262. The Hall–Kier alpha value is -4.19. The van der Waals surface area contributed by atoms with E-state index in [1.54, 1.807) is 6.92 Å². The van der Waals surface area contributed by atoms with E-state index in [2.05, 4.69) is 47.2 Å². The van der Waals surface area contributed by atoms with Gasteiger partial charge in [-0.2, -0.15) is 14.1 Å². The second-order valence-electron chi connectivity index (χ2n) is 12.6. The number of nitrogens with zero attached hydrogens (tertiary/aromatic N) is 7. The monoisotopic (exact) mass is 699 g/mol. The molecule has 1 aliphatic rings. The van der Waals surface area contributed by atoms with Crippen LogP contribution in [0.4, 0.5) is 20.5 Å². The molecule has 15 nitrogen and oxygen atoms in total. The van der Waals surface area contributed by atoms with E-state index in [0.717, 1.165) is 33.4 Å². The summed E-state index contributed by atoms with van der Waals surface area (Å²) < 4.78 is 39.8. The number of rotatable bonds is 8. The number of hydrogen-bond acceptors (Lipinski definition) is 13. The number of carbonyl (C=O) groups is 2. The van der Waals surface area contributed by atoms with Gasteiger partial charge >= 0.3 is 12.2 Å². The molecule has 4 aromatic rings. The SMILES string of the molecule is COC(=O)Nc1nc(C)c(S(=O)(=O)N2CCN(C[C@H](C)Nc3ncnc4c(-c5c(C)nn(C(=O)OC(C)(C)C)c5C)cccc34)CC2)s1. The molecule has 1 aliphatic heterocycles. The van der Waals surface area contributed by atoms with Gasteiger partial charge in [-0.3, -0.25) is 10.2 Å². The van der Waals surface area contributed by atoms with Gasteiger partial charge in [0, 0.05) is 55.3 Å². The molecule has 0 bridgehead atoms. The number of anilines is 2. The maximum Gasteiger partial charge on any atom is 0.435 e. The predicted octanol–water partition coefficient (Wildman–Crippen LogP) is 4.64. The molecule has 2 N–H and O–H groups in total. The molecule has 3 aromatic heterocycles. The van der Waals surface area contributed by atoms with E-state index in [4.69, 9.17) is 4.74 Å². The normalized spacial score (nSPS) is 15.3. The topological polar surface area (TPSA) is 174 Å². The number of nitrogens with one attached hydrogen (secondary N) is 2. The number of amides is 1. The van der Waals surface area contributed by atoms with E-state index in [1.807, 2.05) is 52.8 Å². The van der Waals surface area contributed by atoms with Gasteiger partial charge in [0.05, 0.1) is 29.7 Å². The molecule has 1 fully saturated rings. The number of thiazole rings is 1. The van der Waals surface area contributed by atoms with Crippen LogP contribution in [0.25, 0.3) is 22.0 Å². The first kappa shape index (κ1) is 35.1. The zero-order valence-corrected chi connectivity index (χ0v) is 30.0. The number of methoxy groups -OCH3 is 1. The highest BCUT2D eigenvalue weighted by Crippen LogP contribution is 2.35. The molecule has 1 atom stereocenters. The van der Waals surface area contributed by atoms with E-state index in [-0.39, 0.29) is 15.4 Å². The molecule has 48 heavy (non-hydrogen) atoms. The highest BCUT2D eigenvalue weighted by molar-refractivity contribution is 7.91. The molecule has 4 heterocycles. The Kier molecular flexibility index (Phi) is 10.1. The van der Waals surface area contributed by atoms with Crippen molar-refractivity contribution < 1.29 is 27.5 Å². The quantitative estimate of drug-likeness (QED) is 0.261. The second-order valence-corrected chi connectivity index (χ2v) is 15.8. The number of fused-ring (bicyclic) bond motifs is 1. The molecule has 1 amide bonds. The Morgan fingerprint density at radius 1 is 1.06 bits per heavy atom. The summed E-state index contributed by atoms with van der Waals surface area (Å²) in [7, 11) is -2.55. The fourth-order valence-corrected chi connectivity index (χ4v) is 8.63. The first-order valence-corrected chi connectivity index (χ1v) is 17.7. The highest BCUT2D eigenvalue weighted by atomic mass is 32.2. The molecular formula is C31H41N9O6S2. The average molecular weight is 700 g/mol. The van der Waals surface area contributed by atoms with Crippen molar-refractivity contribution >= 4 is 55.4 Å². The predicted molar refractivity (Wildman–Crippen MR) is 183 cm³/mol. The number of carbonyl (C=O) groups excluding carboxylic acids is 2. The molecule has 17 heteroatoms. The summed E-state index contributed by atoms with van der Waals surface area (Å²) in [4.78, 5) is 39.9. The van der Waals surface area contributed by atoms with Crippen molar-refractivity contribution in [3.8, 4) is 11.1 Å². The van der Waals surface area contributed by atoms with Crippen molar-refractivity contribution in [1.82, 2.24) is 33.9 Å². The number of aryl methyl sites for hydroxylation is 2. The third-order valence-corrected chi connectivity index (χ3v) is 11.3. The number of piperazine rings is 1. The number of sulfonamides is 1. The van der Waals surface area contributed by atoms with Gasteiger partial charge in [0.15, 0.2) is 9.34 Å². The van der Waals surface area contributed by atoms with Crippen molar-refractivity contribution in [2.24, 2.45) is 0 Å². The Morgan fingerprint density at radius 3 is 2.44 bits per heavy atom. The molecule has 0 spiro atoms. The molecule has 5 rings (SSSR count). The van der Waals surface area contributed by atoms with Crippen LogP contribution in [0.5, 0.6) is 0 Å². The highest BCUT2D eigenvalue weighted by Gasteiger charge is 2.33. The van der Waals surface area contributed by atoms with E-state index in [9.17, 15) is 18.0 Å². The molecule has 0 unspecified atom stereocenters. The fraction of sp³-hybridized carbons (Fsp3) is 0.484. The number of para-hydroxylation sites is 1. The summed E-state index contributed by atoms with van der Waals surface area (Å²) in [6, 6.07) is 5.81. The maximum atomic E-state index is 13.4. The summed E-state index contributed by atoms with van der Waals surface area (Å²) in [5.74, 6) is 0.669. The van der Waals surface area contributed by atoms with Gasteiger partial charge in [-0.1, -0.05) is 23.5 Å². The number of benzene rings is 1. The first-order valence-electron chi connectivity index (χ1n) is 15.4. The van der Waals surface area contributed by atoms with Crippen LogP contribution in [-0.2, 0) is 19.5 Å². The summed E-state index contributed by atoms with van der Waals surface area (Å²) in [6.45, 7) is 15.2. The van der Waals surface area contributed by atoms with E-state index in [0.29, 0.717) is 55.6 Å². The van der Waals surface area contributed by atoms with Crippen LogP contribution >= 0.6 is 11.3 Å². The fourth-order valence-electron chi connectivity index (χ4n) is 5.67. The third kappa shape index (κ3) is 7.43. The van der Waals surface area contributed by atoms with Crippen LogP contribution < -0.4 is 10.6 Å². The minimum absolute atomic E-state index is 0.0241. The van der Waals surface area contributed by atoms with Gasteiger partial charge < -0.3 is 14.8 Å². The van der Waals surface area contributed by atoms with Crippen LogP contribution in [0.1, 0.15) is 44.8 Å². The molecule has 0 aliphatic carbocycles. The smallest absolute Gasteiger partial charge is 0.435 e. The maximum absolute atomic E-state index is 13.4. The summed E-state index contributed by atoms with van der Waals surface area (Å²) in [5.41, 5.74) is 3.36. The largest absolute Gasteiger partial charge is 0.453 e. The standard InChI is InChI=1S/C31H41N9O6S2/c1-18(16-38-12-14-39(15-13-38)48(43,44)27-20(3)35-28(47-27)36-29(41)45-8)34-26-23-11-9-10-22(25(23)32-17-33-26)24-19(2)37-40(21(24)4)30(42)46-31(5,6)7/h9-11,17-18H,12-16H2,1-8H3,(H,32,33,34)(H,35,36,41)/t18-/m0/s1. The molecule has 258 valence electrons. The molecular weight excluding hydrogens is 659 g/mol. The van der Waals surface area contributed by atoms with Gasteiger partial charge in [0.25, 0.3) is 10.0 Å². The Morgan fingerprint density at radius 2 is 1.77 bits per heavy atom. The van der Waals surface area contributed by atoms with Crippen molar-refractivity contribution in [3.63, 3.8) is 0 Å². The Balaban J connectivity index is 1.26. The minimum atomic E-state index is -3.78. The van der Waals surface area contributed by atoms with Gasteiger partial charge in [-0.25, -0.2) is 33.0 Å². The van der Waals surface area contributed by atoms with Crippen molar-refractivity contribution in [2.45, 2.75) is 64.3 Å². The number of aromatic nitrogens is 5. The van der Waals surface area contributed by atoms with Crippen LogP contribution in [0, 0.1) is 20.8 Å². The Bertz CT molecular complexity index is 1940. The van der Waals surface area contributed by atoms with Crippen molar-refractivity contribution in [2.75, 3.05) is 50.5 Å². The lowest BCUT2D eigenvalue weighted by molar-refractivity contribution is 0.0510. The summed E-state index contributed by atoms with van der Waals surface area (Å²) >= 11 is 0.909. The lowest BCUT2D eigenvalue weighted by Crippen LogP contribution is -2.50. The third-order valence-electron chi connectivity index (χ3n) is 7.76. The van der Waals surface area contributed by atoms with Crippen molar-refractivity contribution in [1.29, 1.82) is 0 Å². The number of ether oxygens (including phenoxy) is 2. The van der Waals surface area contributed by atoms with Gasteiger partial charge in [0.1, 0.15) is 17.7 Å². The van der Waals surface area contributed by atoms with Gasteiger partial charge in [-0.05, 0) is 54.5 Å². The lowest BCUT2D eigenvalue weighted by Gasteiger charge is -2.35. The zero-order chi connectivity index (χ0) is 35.0. The van der Waals surface area contributed by atoms with Crippen molar-refractivity contribution in [3.05, 3.63) is 41.6 Å². The minimum Gasteiger partial charge on any atom is -0.453 e. The summed E-state index contributed by atoms with van der Waals surface area (Å²) in [5, 5.41) is 11.4. The second kappa shape index (κ2) is 13.7. The van der Waals surface area contributed by atoms with Crippen LogP contribution in [0.2, 0.25) is 0 Å². The lowest BCUT2D eigenvalue weighted by atomic mass is 10.0. The average Bonchev–Trinajstić information content (AvgIpc) is 3.54. The Labute approximate surface area is 283 Å². The zero-order valence-electron chi connectivity index (χ0n) is 28.3. The molecule has 0 radical (unpaired) electrons. The van der Waals surface area contributed by atoms with Crippen LogP contribution in [-0.4, -0.2) is 106 Å². The molecule has 1 aromatic carbocycles. The van der Waals surface area contributed by atoms with E-state index >= 15 is 0 Å². The number of hydrogen-bond donors (Lipinski definition) is 2. The van der Waals surface area contributed by atoms with Crippen LogP contribution in [0.3, 0.4) is 0 Å².